The van der Waals surface area contributed by atoms with E-state index in [0.717, 1.165) is 17.9 Å². The molecule has 1 heterocycles. The summed E-state index contributed by atoms with van der Waals surface area (Å²) in [6.45, 7) is 7.13. The molecule has 0 bridgehead atoms. The van der Waals surface area contributed by atoms with Crippen LogP contribution in [0.1, 0.15) is 35.2 Å². The maximum Gasteiger partial charge on any atom is 0.122 e. The first-order valence-corrected chi connectivity index (χ1v) is 6.95. The van der Waals surface area contributed by atoms with Crippen molar-refractivity contribution in [2.75, 3.05) is 13.7 Å². The van der Waals surface area contributed by atoms with Crippen molar-refractivity contribution < 1.29 is 4.74 Å². The van der Waals surface area contributed by atoms with Crippen molar-refractivity contribution in [2.45, 2.75) is 26.8 Å². The third-order valence-electron chi connectivity index (χ3n) is 3.40. The van der Waals surface area contributed by atoms with Gasteiger partial charge in [0.25, 0.3) is 0 Å². The fourth-order valence-corrected chi connectivity index (χ4v) is 2.38. The molecule has 0 spiro atoms. The Morgan fingerprint density at radius 1 is 1.15 bits per heavy atom. The van der Waals surface area contributed by atoms with Gasteiger partial charge in [0.15, 0.2) is 0 Å². The fraction of sp³-hybridized carbons (Fsp3) is 0.353. The second-order valence-electron chi connectivity index (χ2n) is 5.02. The molecule has 1 atom stereocenters. The first-order chi connectivity index (χ1) is 9.65. The standard InChI is InChI=1S/C17H22N2O/c1-5-19-17(15-8-12(2)10-18-11-15)14-7-6-13(3)16(9-14)20-4/h6-11,17,19H,5H2,1-4H3. The summed E-state index contributed by atoms with van der Waals surface area (Å²) in [5, 5.41) is 3.52. The molecular formula is C17H22N2O. The molecule has 106 valence electrons. The summed E-state index contributed by atoms with van der Waals surface area (Å²) in [6.07, 6.45) is 3.80. The lowest BCUT2D eigenvalue weighted by Gasteiger charge is -2.20. The van der Waals surface area contributed by atoms with Crippen LogP contribution in [0.4, 0.5) is 0 Å². The van der Waals surface area contributed by atoms with E-state index in [9.17, 15) is 0 Å². The van der Waals surface area contributed by atoms with Crippen LogP contribution in [0, 0.1) is 13.8 Å². The highest BCUT2D eigenvalue weighted by Crippen LogP contribution is 2.27. The molecule has 2 rings (SSSR count). The Kier molecular flexibility index (Phi) is 4.74. The summed E-state index contributed by atoms with van der Waals surface area (Å²) in [7, 11) is 1.71. The zero-order valence-electron chi connectivity index (χ0n) is 12.6. The van der Waals surface area contributed by atoms with Crippen molar-refractivity contribution in [1.82, 2.24) is 10.3 Å². The molecule has 0 aliphatic carbocycles. The minimum Gasteiger partial charge on any atom is -0.496 e. The van der Waals surface area contributed by atoms with Gasteiger partial charge in [-0.15, -0.1) is 0 Å². The fourth-order valence-electron chi connectivity index (χ4n) is 2.38. The Hall–Kier alpha value is -1.87. The van der Waals surface area contributed by atoms with Gasteiger partial charge in [-0.2, -0.15) is 0 Å². The first-order valence-electron chi connectivity index (χ1n) is 6.95. The van der Waals surface area contributed by atoms with Crippen molar-refractivity contribution in [2.24, 2.45) is 0 Å². The minimum atomic E-state index is 0.141. The molecule has 0 aliphatic heterocycles. The lowest BCUT2D eigenvalue weighted by Crippen LogP contribution is -2.22. The van der Waals surface area contributed by atoms with E-state index >= 15 is 0 Å². The Morgan fingerprint density at radius 2 is 1.95 bits per heavy atom. The summed E-state index contributed by atoms with van der Waals surface area (Å²) >= 11 is 0. The predicted octanol–water partition coefficient (Wildman–Crippen LogP) is 3.41. The predicted molar refractivity (Wildman–Crippen MR) is 82.2 cm³/mol. The lowest BCUT2D eigenvalue weighted by atomic mass is 9.97. The smallest absolute Gasteiger partial charge is 0.122 e. The number of hydrogen-bond donors (Lipinski definition) is 1. The van der Waals surface area contributed by atoms with Crippen LogP contribution in [0.2, 0.25) is 0 Å². The molecule has 3 nitrogen and oxygen atoms in total. The van der Waals surface area contributed by atoms with Crippen LogP contribution in [0.15, 0.2) is 36.7 Å². The Bertz CT molecular complexity index is 581. The number of benzene rings is 1. The number of methoxy groups -OCH3 is 1. The van der Waals surface area contributed by atoms with Crippen molar-refractivity contribution in [3.63, 3.8) is 0 Å². The number of pyridine rings is 1. The van der Waals surface area contributed by atoms with Gasteiger partial charge in [-0.25, -0.2) is 0 Å². The van der Waals surface area contributed by atoms with Crippen LogP contribution in [-0.2, 0) is 0 Å². The molecule has 0 saturated carbocycles. The van der Waals surface area contributed by atoms with Crippen LogP contribution in [-0.4, -0.2) is 18.6 Å². The van der Waals surface area contributed by atoms with Gasteiger partial charge >= 0.3 is 0 Å². The van der Waals surface area contributed by atoms with E-state index in [1.54, 1.807) is 7.11 Å². The number of rotatable bonds is 5. The molecule has 0 fully saturated rings. The molecule has 1 aromatic heterocycles. The van der Waals surface area contributed by atoms with Crippen LogP contribution in [0.5, 0.6) is 5.75 Å². The van der Waals surface area contributed by atoms with Crippen molar-refractivity contribution in [3.8, 4) is 5.75 Å². The lowest BCUT2D eigenvalue weighted by molar-refractivity contribution is 0.410. The van der Waals surface area contributed by atoms with Crippen LogP contribution in [0.3, 0.4) is 0 Å². The molecule has 0 aliphatic rings. The topological polar surface area (TPSA) is 34.2 Å². The highest BCUT2D eigenvalue weighted by molar-refractivity contribution is 5.41. The first kappa shape index (κ1) is 14.5. The number of aromatic nitrogens is 1. The Labute approximate surface area is 121 Å². The minimum absolute atomic E-state index is 0.141. The molecule has 1 aromatic carbocycles. The van der Waals surface area contributed by atoms with Gasteiger partial charge in [-0.1, -0.05) is 25.1 Å². The molecule has 0 saturated heterocycles. The molecule has 3 heteroatoms. The van der Waals surface area contributed by atoms with E-state index in [1.807, 2.05) is 12.4 Å². The maximum absolute atomic E-state index is 5.43. The quantitative estimate of drug-likeness (QED) is 0.904. The number of hydrogen-bond acceptors (Lipinski definition) is 3. The second-order valence-corrected chi connectivity index (χ2v) is 5.02. The van der Waals surface area contributed by atoms with Gasteiger partial charge in [0.05, 0.1) is 13.2 Å². The monoisotopic (exact) mass is 270 g/mol. The molecule has 2 aromatic rings. The molecular weight excluding hydrogens is 248 g/mol. The van der Waals surface area contributed by atoms with E-state index in [1.165, 1.54) is 16.7 Å². The van der Waals surface area contributed by atoms with Crippen molar-refractivity contribution in [1.29, 1.82) is 0 Å². The van der Waals surface area contributed by atoms with Gasteiger partial charge in [-0.05, 0) is 48.7 Å². The van der Waals surface area contributed by atoms with Crippen LogP contribution in [0.25, 0.3) is 0 Å². The number of ether oxygens (including phenoxy) is 1. The average Bonchev–Trinajstić information content (AvgIpc) is 2.45. The highest BCUT2D eigenvalue weighted by atomic mass is 16.5. The molecule has 1 unspecified atom stereocenters. The van der Waals surface area contributed by atoms with Crippen LogP contribution < -0.4 is 10.1 Å². The summed E-state index contributed by atoms with van der Waals surface area (Å²) in [4.78, 5) is 4.30. The summed E-state index contributed by atoms with van der Waals surface area (Å²) in [6, 6.07) is 8.66. The largest absolute Gasteiger partial charge is 0.496 e. The number of aryl methyl sites for hydroxylation is 2. The molecule has 20 heavy (non-hydrogen) atoms. The zero-order valence-corrected chi connectivity index (χ0v) is 12.6. The van der Waals surface area contributed by atoms with Gasteiger partial charge in [-0.3, -0.25) is 4.98 Å². The van der Waals surface area contributed by atoms with E-state index < -0.39 is 0 Å². The second kappa shape index (κ2) is 6.53. The summed E-state index contributed by atoms with van der Waals surface area (Å²) in [5.74, 6) is 0.922. The van der Waals surface area contributed by atoms with Crippen LogP contribution >= 0.6 is 0 Å². The van der Waals surface area contributed by atoms with E-state index in [4.69, 9.17) is 4.74 Å². The SMILES string of the molecule is CCNC(c1cncc(C)c1)c1ccc(C)c(OC)c1. The summed E-state index contributed by atoms with van der Waals surface area (Å²) in [5.41, 5.74) is 4.69. The molecule has 0 radical (unpaired) electrons. The molecule has 1 N–H and O–H groups in total. The van der Waals surface area contributed by atoms with Crippen molar-refractivity contribution in [3.05, 3.63) is 58.9 Å². The maximum atomic E-state index is 5.43. The average molecular weight is 270 g/mol. The van der Waals surface area contributed by atoms with E-state index in [-0.39, 0.29) is 6.04 Å². The van der Waals surface area contributed by atoms with E-state index in [2.05, 4.69) is 55.3 Å². The summed E-state index contributed by atoms with van der Waals surface area (Å²) < 4.78 is 5.43. The van der Waals surface area contributed by atoms with Gasteiger partial charge < -0.3 is 10.1 Å². The number of nitrogens with one attached hydrogen (secondary N) is 1. The highest BCUT2D eigenvalue weighted by Gasteiger charge is 2.15. The third kappa shape index (κ3) is 3.17. The van der Waals surface area contributed by atoms with Gasteiger partial charge in [0.1, 0.15) is 5.75 Å². The van der Waals surface area contributed by atoms with Crippen molar-refractivity contribution >= 4 is 0 Å². The third-order valence-corrected chi connectivity index (χ3v) is 3.40. The number of nitrogens with zero attached hydrogens (tertiary/aromatic N) is 1. The zero-order chi connectivity index (χ0) is 14.5. The normalized spacial score (nSPS) is 12.2. The Morgan fingerprint density at radius 3 is 2.60 bits per heavy atom. The van der Waals surface area contributed by atoms with Gasteiger partial charge in [0.2, 0.25) is 0 Å². The Balaban J connectivity index is 2.42. The molecule has 0 amide bonds. The van der Waals surface area contributed by atoms with Gasteiger partial charge in [0, 0.05) is 12.4 Å². The van der Waals surface area contributed by atoms with E-state index in [0.29, 0.717) is 0 Å².